The predicted octanol–water partition coefficient (Wildman–Crippen LogP) is 6.05. The number of benzene rings is 2. The molecular weight excluding hydrogens is 430 g/mol. The van der Waals surface area contributed by atoms with E-state index in [1.54, 1.807) is 0 Å². The highest BCUT2D eigenvalue weighted by Gasteiger charge is 2.34. The monoisotopic (exact) mass is 459 g/mol. The van der Waals surface area contributed by atoms with Gasteiger partial charge < -0.3 is 14.8 Å². The van der Waals surface area contributed by atoms with Crippen molar-refractivity contribution in [1.82, 2.24) is 5.32 Å². The van der Waals surface area contributed by atoms with Gasteiger partial charge in [0.15, 0.2) is 0 Å². The van der Waals surface area contributed by atoms with Crippen LogP contribution in [0.15, 0.2) is 59.1 Å². The van der Waals surface area contributed by atoms with Crippen molar-refractivity contribution >= 4 is 22.0 Å². The van der Waals surface area contributed by atoms with Crippen molar-refractivity contribution in [1.29, 1.82) is 0 Å². The Kier molecular flexibility index (Phi) is 7.73. The van der Waals surface area contributed by atoms with E-state index in [-0.39, 0.29) is 18.3 Å². The Hall–Kier alpha value is -1.85. The summed E-state index contributed by atoms with van der Waals surface area (Å²) < 4.78 is 12.3. The highest BCUT2D eigenvalue weighted by molar-refractivity contribution is 9.10. The van der Waals surface area contributed by atoms with Crippen molar-refractivity contribution in [2.75, 3.05) is 13.2 Å². The van der Waals surface area contributed by atoms with Gasteiger partial charge in [-0.15, -0.1) is 0 Å². The maximum absolute atomic E-state index is 12.1. The number of alkyl carbamates (subject to hydrolysis) is 1. The Morgan fingerprint density at radius 3 is 2.62 bits per heavy atom. The molecule has 1 N–H and O–H groups in total. The molecule has 3 rings (SSSR count). The zero-order chi connectivity index (χ0) is 20.7. The van der Waals surface area contributed by atoms with E-state index in [1.165, 1.54) is 5.56 Å². The molecular formula is C24H30BrNO3. The third-order valence-corrected chi connectivity index (χ3v) is 6.07. The first-order chi connectivity index (χ1) is 13.9. The van der Waals surface area contributed by atoms with Gasteiger partial charge in [0, 0.05) is 17.6 Å². The number of halogens is 1. The fourth-order valence-electron chi connectivity index (χ4n) is 4.11. The zero-order valence-electron chi connectivity index (χ0n) is 17.2. The lowest BCUT2D eigenvalue weighted by atomic mass is 9.75. The summed E-state index contributed by atoms with van der Waals surface area (Å²) >= 11 is 3.52. The molecule has 1 heterocycles. The van der Waals surface area contributed by atoms with E-state index in [4.69, 9.17) is 9.47 Å². The average Bonchev–Trinajstić information content (AvgIpc) is 2.70. The molecule has 29 heavy (non-hydrogen) atoms. The number of amides is 1. The number of carbonyl (C=O) groups is 1. The molecule has 156 valence electrons. The van der Waals surface area contributed by atoms with Crippen LogP contribution in [-0.2, 0) is 16.1 Å². The Morgan fingerprint density at radius 1 is 1.21 bits per heavy atom. The number of hydrogen-bond donors (Lipinski definition) is 1. The second-order valence-corrected chi connectivity index (χ2v) is 9.21. The summed E-state index contributed by atoms with van der Waals surface area (Å²) in [7, 11) is 0. The smallest absolute Gasteiger partial charge is 0.407 e. The first kappa shape index (κ1) is 21.8. The molecule has 1 fully saturated rings. The second kappa shape index (κ2) is 10.3. The summed E-state index contributed by atoms with van der Waals surface area (Å²) in [5, 5.41) is 2.92. The van der Waals surface area contributed by atoms with Crippen LogP contribution in [0, 0.1) is 5.92 Å². The third kappa shape index (κ3) is 6.86. The minimum atomic E-state index is -0.365. The largest absolute Gasteiger partial charge is 0.445 e. The van der Waals surface area contributed by atoms with Crippen LogP contribution in [0.2, 0.25) is 0 Å². The van der Waals surface area contributed by atoms with Crippen LogP contribution < -0.4 is 5.32 Å². The van der Waals surface area contributed by atoms with Gasteiger partial charge in [0.05, 0.1) is 5.60 Å². The number of rotatable bonds is 7. The van der Waals surface area contributed by atoms with E-state index in [2.05, 4.69) is 59.4 Å². The Bertz CT molecular complexity index is 776. The predicted molar refractivity (Wildman–Crippen MR) is 119 cm³/mol. The van der Waals surface area contributed by atoms with E-state index in [0.29, 0.717) is 18.4 Å². The topological polar surface area (TPSA) is 47.6 Å². The quantitative estimate of drug-likeness (QED) is 0.547. The van der Waals surface area contributed by atoms with Crippen molar-refractivity contribution < 1.29 is 14.3 Å². The molecule has 0 aliphatic carbocycles. The molecule has 0 bridgehead atoms. The zero-order valence-corrected chi connectivity index (χ0v) is 18.8. The van der Waals surface area contributed by atoms with Crippen LogP contribution in [0.3, 0.4) is 0 Å². The Balaban J connectivity index is 1.56. The summed E-state index contributed by atoms with van der Waals surface area (Å²) in [5.41, 5.74) is 2.20. The Labute approximate surface area is 182 Å². The summed E-state index contributed by atoms with van der Waals surface area (Å²) in [5.74, 6) is 0.905. The van der Waals surface area contributed by atoms with Crippen LogP contribution in [0.4, 0.5) is 4.79 Å². The lowest BCUT2D eigenvalue weighted by Gasteiger charge is -2.39. The molecule has 2 atom stereocenters. The van der Waals surface area contributed by atoms with E-state index in [1.807, 2.05) is 30.3 Å². The van der Waals surface area contributed by atoms with Crippen LogP contribution in [0.25, 0.3) is 0 Å². The number of ether oxygens (including phenoxy) is 2. The fourth-order valence-corrected chi connectivity index (χ4v) is 4.38. The number of nitrogens with one attached hydrogen (secondary N) is 1. The van der Waals surface area contributed by atoms with Gasteiger partial charge in [-0.25, -0.2) is 4.79 Å². The fraction of sp³-hybridized carbons (Fsp3) is 0.458. The molecule has 0 saturated carbocycles. The summed E-state index contributed by atoms with van der Waals surface area (Å²) in [6.07, 6.45) is 2.58. The molecule has 0 aromatic heterocycles. The number of carbonyl (C=O) groups excluding carboxylic acids is 1. The minimum Gasteiger partial charge on any atom is -0.445 e. The lowest BCUT2D eigenvalue weighted by Crippen LogP contribution is -2.37. The highest BCUT2D eigenvalue weighted by Crippen LogP contribution is 2.40. The van der Waals surface area contributed by atoms with E-state index in [9.17, 15) is 4.79 Å². The molecule has 2 aromatic rings. The lowest BCUT2D eigenvalue weighted by molar-refractivity contribution is -0.0771. The SMILES string of the molecule is CC1(C)CC(C(CCNC(=O)OCc2ccccc2)c2ccc(Br)cc2)CCO1. The first-order valence-corrected chi connectivity index (χ1v) is 11.1. The van der Waals surface area contributed by atoms with Crippen molar-refractivity contribution in [3.63, 3.8) is 0 Å². The van der Waals surface area contributed by atoms with Crippen LogP contribution in [0.5, 0.6) is 0 Å². The van der Waals surface area contributed by atoms with Gasteiger partial charge in [0.25, 0.3) is 0 Å². The van der Waals surface area contributed by atoms with E-state index >= 15 is 0 Å². The van der Waals surface area contributed by atoms with Crippen LogP contribution >= 0.6 is 15.9 Å². The van der Waals surface area contributed by atoms with Crippen molar-refractivity contribution in [3.05, 3.63) is 70.2 Å². The van der Waals surface area contributed by atoms with Gasteiger partial charge in [-0.2, -0.15) is 0 Å². The Morgan fingerprint density at radius 2 is 1.93 bits per heavy atom. The summed E-state index contributed by atoms with van der Waals surface area (Å²) in [6.45, 7) is 5.99. The van der Waals surface area contributed by atoms with Gasteiger partial charge in [0.1, 0.15) is 6.61 Å². The van der Waals surface area contributed by atoms with Crippen molar-refractivity contribution in [2.45, 2.75) is 51.2 Å². The molecule has 0 spiro atoms. The van der Waals surface area contributed by atoms with Gasteiger partial charge in [0.2, 0.25) is 0 Å². The molecule has 0 radical (unpaired) electrons. The molecule has 1 aliphatic heterocycles. The van der Waals surface area contributed by atoms with E-state index in [0.717, 1.165) is 35.9 Å². The maximum atomic E-state index is 12.1. The van der Waals surface area contributed by atoms with Gasteiger partial charge in [-0.1, -0.05) is 58.4 Å². The molecule has 1 amide bonds. The standard InChI is InChI=1S/C24H30BrNO3/c1-24(2)16-20(13-15-29-24)22(19-8-10-21(25)11-9-19)12-14-26-23(27)28-17-18-6-4-3-5-7-18/h3-11,20,22H,12-17H2,1-2H3,(H,26,27). The molecule has 2 unspecified atom stereocenters. The normalized spacial score (nSPS) is 19.3. The van der Waals surface area contributed by atoms with Crippen LogP contribution in [0.1, 0.15) is 50.2 Å². The highest BCUT2D eigenvalue weighted by atomic mass is 79.9. The summed E-state index contributed by atoms with van der Waals surface area (Å²) in [4.78, 5) is 12.1. The third-order valence-electron chi connectivity index (χ3n) is 5.54. The van der Waals surface area contributed by atoms with Crippen molar-refractivity contribution in [3.8, 4) is 0 Å². The van der Waals surface area contributed by atoms with Gasteiger partial charge in [-0.3, -0.25) is 0 Å². The molecule has 1 aliphatic rings. The molecule has 1 saturated heterocycles. The van der Waals surface area contributed by atoms with Gasteiger partial charge >= 0.3 is 6.09 Å². The van der Waals surface area contributed by atoms with Crippen LogP contribution in [-0.4, -0.2) is 24.8 Å². The second-order valence-electron chi connectivity index (χ2n) is 8.30. The first-order valence-electron chi connectivity index (χ1n) is 10.3. The minimum absolute atomic E-state index is 0.0986. The van der Waals surface area contributed by atoms with Crippen molar-refractivity contribution in [2.24, 2.45) is 5.92 Å². The van der Waals surface area contributed by atoms with E-state index < -0.39 is 0 Å². The maximum Gasteiger partial charge on any atom is 0.407 e. The number of hydrogen-bond acceptors (Lipinski definition) is 3. The van der Waals surface area contributed by atoms with Gasteiger partial charge in [-0.05, 0) is 68.2 Å². The molecule has 2 aromatic carbocycles. The molecule has 5 heteroatoms. The average molecular weight is 460 g/mol. The summed E-state index contributed by atoms with van der Waals surface area (Å²) in [6, 6.07) is 18.3. The molecule has 4 nitrogen and oxygen atoms in total.